The van der Waals surface area contributed by atoms with Crippen molar-refractivity contribution in [3.05, 3.63) is 153 Å². The van der Waals surface area contributed by atoms with Crippen LogP contribution in [0.25, 0.3) is 54.8 Å². The molecule has 0 saturated carbocycles. The Labute approximate surface area is 368 Å². The first-order valence-corrected chi connectivity index (χ1v) is 20.5. The number of carbonyl (C=O) groups is 2. The molecule has 0 fully saturated rings. The average molecular weight is 982 g/mol. The maximum Gasteiger partial charge on any atom is 0.416 e. The van der Waals surface area contributed by atoms with E-state index in [4.69, 9.17) is 51.1 Å². The highest BCUT2D eigenvalue weighted by Crippen LogP contribution is 2.41. The number of hydrogen-bond donors (Lipinski definition) is 1. The highest BCUT2D eigenvalue weighted by atomic mass is 79.9. The molecule has 2 heterocycles. The summed E-state index contributed by atoms with van der Waals surface area (Å²) in [4.78, 5) is 43.5. The minimum absolute atomic E-state index is 0.222. The molecule has 0 aliphatic carbocycles. The number of ether oxygens (including phenoxy) is 1. The summed E-state index contributed by atoms with van der Waals surface area (Å²) in [5.41, 5.74) is 1.73. The minimum Gasteiger partial charge on any atom is -0.478 e. The number of nitro benzene ring substituents is 1. The van der Waals surface area contributed by atoms with E-state index in [1.807, 2.05) is 23.6 Å². The first-order chi connectivity index (χ1) is 27.9. The predicted octanol–water partition coefficient (Wildman–Crippen LogP) is 14.4. The first kappa shape index (κ1) is 43.7. The molecule has 0 amide bonds. The van der Waals surface area contributed by atoms with Gasteiger partial charge in [-0.2, -0.15) is 13.2 Å². The Morgan fingerprint density at radius 1 is 0.712 bits per heavy atom. The van der Waals surface area contributed by atoms with Gasteiger partial charge in [-0.05, 0) is 70.5 Å². The minimum atomic E-state index is -4.77. The standard InChI is InChI=1S/C23H11Cl2F3N2O4S.C17H10BrCl2NO2S/c24-17-5-2-11(8-18(17)25)19-10-35-21(29-19)12-1-4-14(16(7-12)22(31)32)15-9-13(23(26,27)28)3-6-20(15)30(33)34;1-23-17(22)11-6-10(2-4-12(11)18)16-21-15(8-24-16)9-3-5-13(19)14(20)7-9/h1-10H,(H,31,32);2-8H,1H3. The molecular formula is C40H21BrCl4F3N3O6S2. The van der Waals surface area contributed by atoms with Crippen LogP contribution in [0.4, 0.5) is 18.9 Å². The molecule has 59 heavy (non-hydrogen) atoms. The van der Waals surface area contributed by atoms with Crippen LogP contribution in [0, 0.1) is 10.1 Å². The van der Waals surface area contributed by atoms with Gasteiger partial charge in [-0.15, -0.1) is 22.7 Å². The number of thiazole rings is 2. The second kappa shape index (κ2) is 18.2. The molecule has 7 rings (SSSR count). The number of rotatable bonds is 8. The van der Waals surface area contributed by atoms with Crippen LogP contribution in [0.15, 0.2) is 106 Å². The van der Waals surface area contributed by atoms with E-state index < -0.39 is 45.4 Å². The highest BCUT2D eigenvalue weighted by Gasteiger charge is 2.33. The van der Waals surface area contributed by atoms with E-state index in [9.17, 15) is 38.0 Å². The summed E-state index contributed by atoms with van der Waals surface area (Å²) in [7, 11) is 1.35. The normalized spacial score (nSPS) is 11.1. The SMILES string of the molecule is COC(=O)c1cc(-c2nc(-c3ccc(Cl)c(Cl)c3)cs2)ccc1Br.O=C(O)c1cc(-c2nc(-c3ccc(Cl)c(Cl)c3)cs2)ccc1-c1cc(C(F)(F)F)ccc1[N+](=O)[O-]. The van der Waals surface area contributed by atoms with Gasteiger partial charge in [-0.1, -0.05) is 76.7 Å². The number of nitrogens with zero attached hydrogens (tertiary/aromatic N) is 3. The number of carboxylic acids is 1. The molecule has 0 aliphatic heterocycles. The van der Waals surface area contributed by atoms with E-state index in [2.05, 4.69) is 25.9 Å². The number of halogens is 8. The lowest BCUT2D eigenvalue weighted by atomic mass is 9.94. The predicted molar refractivity (Wildman–Crippen MR) is 229 cm³/mol. The Hall–Kier alpha value is -4.87. The van der Waals surface area contributed by atoms with Crippen molar-refractivity contribution < 1.29 is 37.5 Å². The van der Waals surface area contributed by atoms with E-state index in [1.54, 1.807) is 41.8 Å². The Morgan fingerprint density at radius 3 is 1.69 bits per heavy atom. The average Bonchev–Trinajstić information content (AvgIpc) is 3.91. The van der Waals surface area contributed by atoms with Crippen molar-refractivity contribution in [3.63, 3.8) is 0 Å². The van der Waals surface area contributed by atoms with Crippen LogP contribution in [0.5, 0.6) is 0 Å². The summed E-state index contributed by atoms with van der Waals surface area (Å²) in [5.74, 6) is -1.86. The number of carboxylic acid groups (broad SMARTS) is 1. The summed E-state index contributed by atoms with van der Waals surface area (Å²) in [6.45, 7) is 0. The molecule has 0 bridgehead atoms. The molecule has 19 heteroatoms. The second-order valence-electron chi connectivity index (χ2n) is 12.1. The molecule has 0 atom stereocenters. The molecule has 9 nitrogen and oxygen atoms in total. The zero-order valence-corrected chi connectivity index (χ0v) is 35.7. The third kappa shape index (κ3) is 9.95. The summed E-state index contributed by atoms with van der Waals surface area (Å²) in [5, 5.41) is 27.8. The van der Waals surface area contributed by atoms with Crippen molar-refractivity contribution >= 4 is 103 Å². The van der Waals surface area contributed by atoms with Crippen molar-refractivity contribution in [1.82, 2.24) is 9.97 Å². The molecule has 0 saturated heterocycles. The van der Waals surface area contributed by atoms with Crippen LogP contribution in [0.1, 0.15) is 26.3 Å². The molecular weight excluding hydrogens is 961 g/mol. The molecule has 0 radical (unpaired) electrons. The molecule has 1 N–H and O–H groups in total. The van der Waals surface area contributed by atoms with Gasteiger partial charge in [-0.3, -0.25) is 10.1 Å². The van der Waals surface area contributed by atoms with E-state index in [0.29, 0.717) is 70.2 Å². The molecule has 300 valence electrons. The Kier molecular flexibility index (Phi) is 13.5. The third-order valence-corrected chi connectivity index (χ3v) is 12.3. The molecule has 7 aromatic rings. The van der Waals surface area contributed by atoms with E-state index >= 15 is 0 Å². The first-order valence-electron chi connectivity index (χ1n) is 16.4. The Morgan fingerprint density at radius 2 is 1.22 bits per heavy atom. The van der Waals surface area contributed by atoms with Crippen LogP contribution in [-0.4, -0.2) is 39.0 Å². The fraction of sp³-hybridized carbons (Fsp3) is 0.0500. The molecule has 2 aromatic heterocycles. The van der Waals surface area contributed by atoms with Crippen LogP contribution in [0.2, 0.25) is 20.1 Å². The van der Waals surface area contributed by atoms with Crippen molar-refractivity contribution in [3.8, 4) is 54.8 Å². The summed E-state index contributed by atoms with van der Waals surface area (Å²) in [6, 6.07) is 21.6. The van der Waals surface area contributed by atoms with Gasteiger partial charge in [0.05, 0.1) is 65.8 Å². The van der Waals surface area contributed by atoms with Crippen LogP contribution in [-0.2, 0) is 10.9 Å². The van der Waals surface area contributed by atoms with Crippen LogP contribution in [0.3, 0.4) is 0 Å². The van der Waals surface area contributed by atoms with Gasteiger partial charge in [-0.25, -0.2) is 19.6 Å². The number of hydrogen-bond acceptors (Lipinski definition) is 9. The second-order valence-corrected chi connectivity index (χ2v) is 16.3. The summed E-state index contributed by atoms with van der Waals surface area (Å²) in [6.07, 6.45) is -4.77. The maximum atomic E-state index is 13.2. The third-order valence-electron chi connectivity index (χ3n) is 8.37. The number of aromatic carboxylic acids is 1. The van der Waals surface area contributed by atoms with E-state index in [-0.39, 0.29) is 5.56 Å². The monoisotopic (exact) mass is 979 g/mol. The van der Waals surface area contributed by atoms with Gasteiger partial charge in [0, 0.05) is 49.1 Å². The van der Waals surface area contributed by atoms with Gasteiger partial charge in [0.25, 0.3) is 5.69 Å². The van der Waals surface area contributed by atoms with Crippen molar-refractivity contribution in [1.29, 1.82) is 0 Å². The number of alkyl halides is 3. The number of aromatic nitrogens is 2. The molecule has 5 aromatic carbocycles. The van der Waals surface area contributed by atoms with Crippen LogP contribution >= 0.6 is 85.0 Å². The largest absolute Gasteiger partial charge is 0.478 e. The summed E-state index contributed by atoms with van der Waals surface area (Å²) < 4.78 is 45.2. The smallest absolute Gasteiger partial charge is 0.416 e. The van der Waals surface area contributed by atoms with Gasteiger partial charge >= 0.3 is 18.1 Å². The Balaban J connectivity index is 0.000000213. The van der Waals surface area contributed by atoms with Crippen molar-refractivity contribution in [2.24, 2.45) is 0 Å². The Bertz CT molecular complexity index is 2780. The van der Waals surface area contributed by atoms with E-state index in [0.717, 1.165) is 21.8 Å². The molecule has 0 unspecified atom stereocenters. The lowest BCUT2D eigenvalue weighted by Gasteiger charge is -2.12. The van der Waals surface area contributed by atoms with Crippen molar-refractivity contribution in [2.45, 2.75) is 6.18 Å². The topological polar surface area (TPSA) is 133 Å². The fourth-order valence-electron chi connectivity index (χ4n) is 5.49. The number of nitro groups is 1. The highest BCUT2D eigenvalue weighted by molar-refractivity contribution is 9.10. The number of methoxy groups -OCH3 is 1. The fourth-order valence-corrected chi connectivity index (χ4v) is 8.15. The lowest BCUT2D eigenvalue weighted by Crippen LogP contribution is -2.07. The van der Waals surface area contributed by atoms with Gasteiger partial charge in [0.15, 0.2) is 0 Å². The van der Waals surface area contributed by atoms with Gasteiger partial charge in [0.1, 0.15) is 10.0 Å². The molecule has 0 aliphatic rings. The van der Waals surface area contributed by atoms with Crippen molar-refractivity contribution in [2.75, 3.05) is 7.11 Å². The summed E-state index contributed by atoms with van der Waals surface area (Å²) >= 11 is 30.0. The quantitative estimate of drug-likeness (QED) is 0.0904. The zero-order chi connectivity index (χ0) is 42.8. The lowest BCUT2D eigenvalue weighted by molar-refractivity contribution is -0.384. The van der Waals surface area contributed by atoms with Crippen LogP contribution < -0.4 is 0 Å². The maximum absolute atomic E-state index is 13.2. The number of benzene rings is 5. The molecule has 0 spiro atoms. The zero-order valence-electron chi connectivity index (χ0n) is 29.5. The van der Waals surface area contributed by atoms with Gasteiger partial charge in [0.2, 0.25) is 0 Å². The van der Waals surface area contributed by atoms with Gasteiger partial charge < -0.3 is 9.84 Å². The number of carbonyl (C=O) groups excluding carboxylic acids is 1. The number of esters is 1. The van der Waals surface area contributed by atoms with E-state index in [1.165, 1.54) is 48.0 Å².